The van der Waals surface area contributed by atoms with E-state index in [1.54, 1.807) is 0 Å². The number of nitrogens with zero attached hydrogens (tertiary/aromatic N) is 3. The molecule has 90 valence electrons. The van der Waals surface area contributed by atoms with Gasteiger partial charge in [0.05, 0.1) is 5.39 Å². The minimum Gasteiger partial charge on any atom is -0.352 e. The molecule has 1 fully saturated rings. The molecule has 0 N–H and O–H groups in total. The number of ether oxygens (including phenoxy) is 1. The summed E-state index contributed by atoms with van der Waals surface area (Å²) in [5, 5.41) is 1.14. The molecule has 0 amide bonds. The van der Waals surface area contributed by atoms with Gasteiger partial charge in [-0.2, -0.15) is 0 Å². The maximum Gasteiger partial charge on any atom is 0.205 e. The zero-order valence-corrected chi connectivity index (χ0v) is 11.4. The third-order valence-corrected chi connectivity index (χ3v) is 3.61. The summed E-state index contributed by atoms with van der Waals surface area (Å²) >= 11 is 3.45. The third-order valence-electron chi connectivity index (χ3n) is 3.17. The van der Waals surface area contributed by atoms with Gasteiger partial charge in [-0.05, 0) is 41.3 Å². The number of fused-ring (bicyclic) bond motifs is 1. The van der Waals surface area contributed by atoms with Gasteiger partial charge in [0.2, 0.25) is 11.8 Å². The van der Waals surface area contributed by atoms with Gasteiger partial charge in [-0.1, -0.05) is 0 Å². The minimum absolute atomic E-state index is 0.125. The van der Waals surface area contributed by atoms with Crippen LogP contribution >= 0.6 is 15.9 Å². The van der Waals surface area contributed by atoms with Gasteiger partial charge in [-0.3, -0.25) is 0 Å². The second-order valence-corrected chi connectivity index (χ2v) is 5.35. The molecule has 1 saturated heterocycles. The highest BCUT2D eigenvalue weighted by Gasteiger charge is 2.25. The number of hydrogen-bond acceptors (Lipinski definition) is 2. The fraction of sp³-hybridized carbons (Fsp3) is 0.500. The van der Waals surface area contributed by atoms with Crippen LogP contribution in [-0.2, 0) is 11.8 Å². The summed E-state index contributed by atoms with van der Waals surface area (Å²) in [5.74, 6) is 0. The molecule has 3 heterocycles. The number of aryl methyl sites for hydroxylation is 1. The van der Waals surface area contributed by atoms with Crippen LogP contribution in [0, 0.1) is 0 Å². The standard InChI is InChI=1S/C12H15BrN3O/c1-15-8-9-6-10(13)7-14-12(9)16(15)11-4-2-3-5-17-11/h6-8,11H,2-5H2,1H3/q+1. The predicted molar refractivity (Wildman–Crippen MR) is 67.4 cm³/mol. The topological polar surface area (TPSA) is 30.9 Å². The van der Waals surface area contributed by atoms with E-state index in [0.717, 1.165) is 28.5 Å². The molecule has 2 aromatic heterocycles. The first-order valence-electron chi connectivity index (χ1n) is 5.90. The quantitative estimate of drug-likeness (QED) is 0.756. The van der Waals surface area contributed by atoms with Crippen LogP contribution in [0.2, 0.25) is 0 Å². The van der Waals surface area contributed by atoms with E-state index < -0.39 is 0 Å². The van der Waals surface area contributed by atoms with Gasteiger partial charge in [0.25, 0.3) is 0 Å². The van der Waals surface area contributed by atoms with Crippen molar-refractivity contribution in [3.63, 3.8) is 0 Å². The first-order valence-corrected chi connectivity index (χ1v) is 6.69. The first-order chi connectivity index (χ1) is 8.25. The largest absolute Gasteiger partial charge is 0.352 e. The molecule has 0 spiro atoms. The van der Waals surface area contributed by atoms with Crippen LogP contribution in [0.1, 0.15) is 25.5 Å². The van der Waals surface area contributed by atoms with Crippen LogP contribution in [-0.4, -0.2) is 16.3 Å². The lowest BCUT2D eigenvalue weighted by Crippen LogP contribution is -2.42. The number of aromatic nitrogens is 3. The first kappa shape index (κ1) is 11.2. The highest BCUT2D eigenvalue weighted by atomic mass is 79.9. The highest BCUT2D eigenvalue weighted by molar-refractivity contribution is 9.10. The van der Waals surface area contributed by atoms with E-state index >= 15 is 0 Å². The minimum atomic E-state index is 0.125. The number of halogens is 1. The summed E-state index contributed by atoms with van der Waals surface area (Å²) in [6.07, 6.45) is 7.50. The summed E-state index contributed by atoms with van der Waals surface area (Å²) in [7, 11) is 2.04. The summed E-state index contributed by atoms with van der Waals surface area (Å²) in [6.45, 7) is 0.848. The Labute approximate surface area is 108 Å². The summed E-state index contributed by atoms with van der Waals surface area (Å²) in [5.41, 5.74) is 0.989. The molecular formula is C12H15BrN3O+. The molecule has 1 aliphatic heterocycles. The Hall–Kier alpha value is -0.940. The van der Waals surface area contributed by atoms with E-state index in [4.69, 9.17) is 4.74 Å². The van der Waals surface area contributed by atoms with Crippen LogP contribution in [0.15, 0.2) is 22.9 Å². The maximum absolute atomic E-state index is 5.83. The van der Waals surface area contributed by atoms with Crippen molar-refractivity contribution >= 4 is 27.0 Å². The lowest BCUT2D eigenvalue weighted by molar-refractivity contribution is -0.758. The SMILES string of the molecule is C[n+]1cc2cc(Br)cnc2n1C1CCCCO1. The van der Waals surface area contributed by atoms with E-state index in [-0.39, 0.29) is 6.23 Å². The van der Waals surface area contributed by atoms with E-state index in [0.29, 0.717) is 0 Å². The van der Waals surface area contributed by atoms with Crippen molar-refractivity contribution in [2.75, 3.05) is 6.61 Å². The Morgan fingerprint density at radius 3 is 3.18 bits per heavy atom. The number of rotatable bonds is 1. The average molecular weight is 297 g/mol. The lowest BCUT2D eigenvalue weighted by Gasteiger charge is -2.21. The fourth-order valence-corrected chi connectivity index (χ4v) is 2.75. The molecule has 0 aromatic carbocycles. The molecule has 1 unspecified atom stereocenters. The molecular weight excluding hydrogens is 282 g/mol. The highest BCUT2D eigenvalue weighted by Crippen LogP contribution is 2.25. The van der Waals surface area contributed by atoms with Crippen molar-refractivity contribution in [2.45, 2.75) is 25.5 Å². The summed E-state index contributed by atoms with van der Waals surface area (Å²) in [6, 6.07) is 2.08. The van der Waals surface area contributed by atoms with Gasteiger partial charge in [0.15, 0.2) is 13.3 Å². The summed E-state index contributed by atoms with van der Waals surface area (Å²) < 4.78 is 11.0. The Kier molecular flexibility index (Phi) is 2.88. The molecule has 2 aromatic rings. The van der Waals surface area contributed by atoms with E-state index in [9.17, 15) is 0 Å². The zero-order chi connectivity index (χ0) is 11.8. The van der Waals surface area contributed by atoms with Gasteiger partial charge in [0.1, 0.15) is 0 Å². The second-order valence-electron chi connectivity index (χ2n) is 4.43. The fourth-order valence-electron chi connectivity index (χ4n) is 2.40. The Balaban J connectivity index is 2.11. The van der Waals surface area contributed by atoms with Crippen LogP contribution in [0.4, 0.5) is 0 Å². The van der Waals surface area contributed by atoms with Crippen molar-refractivity contribution in [3.05, 3.63) is 22.9 Å². The third kappa shape index (κ3) is 1.98. The van der Waals surface area contributed by atoms with Gasteiger partial charge >= 0.3 is 0 Å². The van der Waals surface area contributed by atoms with E-state index in [1.165, 1.54) is 12.8 Å². The Morgan fingerprint density at radius 1 is 1.53 bits per heavy atom. The van der Waals surface area contributed by atoms with E-state index in [2.05, 4.69) is 42.5 Å². The second kappa shape index (κ2) is 4.38. The van der Waals surface area contributed by atoms with Crippen LogP contribution < -0.4 is 4.68 Å². The molecule has 17 heavy (non-hydrogen) atoms. The van der Waals surface area contributed by atoms with Crippen molar-refractivity contribution < 1.29 is 9.42 Å². The molecule has 0 saturated carbocycles. The average Bonchev–Trinajstić information content (AvgIpc) is 2.65. The normalized spacial score (nSPS) is 20.9. The van der Waals surface area contributed by atoms with Gasteiger partial charge in [-0.15, -0.1) is 9.36 Å². The zero-order valence-electron chi connectivity index (χ0n) is 9.77. The Morgan fingerprint density at radius 2 is 2.41 bits per heavy atom. The molecule has 5 heteroatoms. The number of pyridine rings is 1. The number of hydrogen-bond donors (Lipinski definition) is 0. The van der Waals surface area contributed by atoms with Crippen molar-refractivity contribution in [3.8, 4) is 0 Å². The summed E-state index contributed by atoms with van der Waals surface area (Å²) in [4.78, 5) is 4.49. The molecule has 0 bridgehead atoms. The molecule has 3 rings (SSSR count). The maximum atomic E-state index is 5.83. The lowest BCUT2D eigenvalue weighted by atomic mass is 10.2. The van der Waals surface area contributed by atoms with Gasteiger partial charge < -0.3 is 4.74 Å². The van der Waals surface area contributed by atoms with Gasteiger partial charge in [0, 0.05) is 17.3 Å². The van der Waals surface area contributed by atoms with Crippen LogP contribution in [0.5, 0.6) is 0 Å². The molecule has 1 aliphatic rings. The molecule has 0 radical (unpaired) electrons. The van der Waals surface area contributed by atoms with Crippen LogP contribution in [0.25, 0.3) is 11.0 Å². The van der Waals surface area contributed by atoms with Gasteiger partial charge in [-0.25, -0.2) is 4.98 Å². The molecule has 1 atom stereocenters. The van der Waals surface area contributed by atoms with E-state index in [1.807, 2.05) is 13.2 Å². The predicted octanol–water partition coefficient (Wildman–Crippen LogP) is 2.32. The Bertz CT molecular complexity index is 546. The van der Waals surface area contributed by atoms with Crippen molar-refractivity contribution in [1.82, 2.24) is 9.67 Å². The molecule has 4 nitrogen and oxygen atoms in total. The van der Waals surface area contributed by atoms with Crippen LogP contribution in [0.3, 0.4) is 0 Å². The smallest absolute Gasteiger partial charge is 0.205 e. The monoisotopic (exact) mass is 296 g/mol. The van der Waals surface area contributed by atoms with Crippen molar-refractivity contribution in [1.29, 1.82) is 0 Å². The molecule has 0 aliphatic carbocycles. The van der Waals surface area contributed by atoms with Crippen molar-refractivity contribution in [2.24, 2.45) is 7.05 Å².